The summed E-state index contributed by atoms with van der Waals surface area (Å²) in [6, 6.07) is 2.67. The van der Waals surface area contributed by atoms with Gasteiger partial charge in [0.15, 0.2) is 0 Å². The van der Waals surface area contributed by atoms with Crippen LogP contribution in [0.3, 0.4) is 0 Å². The van der Waals surface area contributed by atoms with E-state index in [9.17, 15) is 24.8 Å². The van der Waals surface area contributed by atoms with E-state index >= 15 is 0 Å². The minimum Gasteiger partial charge on any atom is -0.480 e. The monoisotopic (exact) mass is 358 g/mol. The van der Waals surface area contributed by atoms with Crippen molar-refractivity contribution in [1.82, 2.24) is 4.90 Å². The number of carboxylic acid groups (broad SMARTS) is 1. The number of benzene rings is 1. The third kappa shape index (κ3) is 3.03. The maximum atomic E-state index is 12.3. The summed E-state index contributed by atoms with van der Waals surface area (Å²) in [6.07, 6.45) is -0.972. The maximum Gasteiger partial charge on any atom is 0.326 e. The molecule has 2 rings (SSSR count). The fourth-order valence-electron chi connectivity index (χ4n) is 2.22. The Kier molecular flexibility index (Phi) is 4.24. The van der Waals surface area contributed by atoms with Gasteiger partial charge in [-0.2, -0.15) is 0 Å². The van der Waals surface area contributed by atoms with Crippen LogP contribution in [0.1, 0.15) is 16.8 Å². The summed E-state index contributed by atoms with van der Waals surface area (Å²) >= 11 is 3.01. The Balaban J connectivity index is 2.33. The highest BCUT2D eigenvalue weighted by atomic mass is 79.9. The molecule has 1 aromatic rings. The fourth-order valence-corrected chi connectivity index (χ4v) is 2.62. The number of aliphatic carboxylic acids is 1. The number of likely N-dealkylation sites (tertiary alicyclic amines) is 1. The zero-order valence-electron chi connectivity index (χ0n) is 10.6. The molecule has 0 saturated carbocycles. The van der Waals surface area contributed by atoms with E-state index in [-0.39, 0.29) is 28.7 Å². The lowest BCUT2D eigenvalue weighted by molar-refractivity contribution is -0.385. The predicted molar refractivity (Wildman–Crippen MR) is 73.9 cm³/mol. The second kappa shape index (κ2) is 5.78. The summed E-state index contributed by atoms with van der Waals surface area (Å²) in [4.78, 5) is 34.6. The van der Waals surface area contributed by atoms with Gasteiger partial charge < -0.3 is 15.1 Å². The highest BCUT2D eigenvalue weighted by Crippen LogP contribution is 2.28. The Morgan fingerprint density at radius 2 is 2.10 bits per heavy atom. The van der Waals surface area contributed by atoms with Gasteiger partial charge in [-0.25, -0.2) is 4.79 Å². The summed E-state index contributed by atoms with van der Waals surface area (Å²) in [7, 11) is 0. The SMILES string of the molecule is O=C(O)[C@@H]1C[C@@H](O)CN1C(=O)c1ccc(Br)c([N+](=O)[O-])c1. The molecule has 2 atom stereocenters. The van der Waals surface area contributed by atoms with Crippen LogP contribution in [0.2, 0.25) is 0 Å². The molecule has 0 bridgehead atoms. The van der Waals surface area contributed by atoms with Gasteiger partial charge in [0, 0.05) is 24.6 Å². The van der Waals surface area contributed by atoms with Crippen molar-refractivity contribution in [1.29, 1.82) is 0 Å². The number of halogens is 1. The van der Waals surface area contributed by atoms with E-state index in [0.29, 0.717) is 0 Å². The zero-order chi connectivity index (χ0) is 15.7. The van der Waals surface area contributed by atoms with Crippen LogP contribution in [0.5, 0.6) is 0 Å². The Hall–Kier alpha value is -2.00. The molecule has 2 N–H and O–H groups in total. The molecular formula is C12H11BrN2O6. The van der Waals surface area contributed by atoms with Crippen molar-refractivity contribution in [2.75, 3.05) is 6.54 Å². The van der Waals surface area contributed by atoms with E-state index in [1.54, 1.807) is 0 Å². The number of hydrogen-bond acceptors (Lipinski definition) is 5. The zero-order valence-corrected chi connectivity index (χ0v) is 12.2. The van der Waals surface area contributed by atoms with E-state index in [0.717, 1.165) is 11.0 Å². The van der Waals surface area contributed by atoms with Crippen molar-refractivity contribution < 1.29 is 24.7 Å². The molecule has 1 amide bonds. The van der Waals surface area contributed by atoms with E-state index in [1.807, 2.05) is 0 Å². The van der Waals surface area contributed by atoms with Crippen LogP contribution in [0.15, 0.2) is 22.7 Å². The smallest absolute Gasteiger partial charge is 0.326 e. The largest absolute Gasteiger partial charge is 0.480 e. The van der Waals surface area contributed by atoms with Crippen LogP contribution in [0, 0.1) is 10.1 Å². The fraction of sp³-hybridized carbons (Fsp3) is 0.333. The first-order valence-electron chi connectivity index (χ1n) is 5.97. The van der Waals surface area contributed by atoms with Gasteiger partial charge in [0.25, 0.3) is 11.6 Å². The van der Waals surface area contributed by atoms with Crippen molar-refractivity contribution >= 4 is 33.5 Å². The molecule has 0 unspecified atom stereocenters. The molecule has 8 nitrogen and oxygen atoms in total. The van der Waals surface area contributed by atoms with Crippen LogP contribution < -0.4 is 0 Å². The highest BCUT2D eigenvalue weighted by Gasteiger charge is 2.39. The lowest BCUT2D eigenvalue weighted by atomic mass is 10.1. The van der Waals surface area contributed by atoms with Crippen LogP contribution in [0.25, 0.3) is 0 Å². The summed E-state index contributed by atoms with van der Waals surface area (Å²) in [5.74, 6) is -1.87. The Bertz CT molecular complexity index is 620. The van der Waals surface area contributed by atoms with Crippen LogP contribution >= 0.6 is 15.9 Å². The van der Waals surface area contributed by atoms with E-state index in [2.05, 4.69) is 15.9 Å². The number of nitro benzene ring substituents is 1. The van der Waals surface area contributed by atoms with Crippen molar-refractivity contribution in [3.63, 3.8) is 0 Å². The Morgan fingerprint density at radius 3 is 2.67 bits per heavy atom. The topological polar surface area (TPSA) is 121 Å². The third-order valence-corrected chi connectivity index (χ3v) is 3.89. The van der Waals surface area contributed by atoms with Gasteiger partial charge in [-0.1, -0.05) is 0 Å². The summed E-state index contributed by atoms with van der Waals surface area (Å²) in [5, 5.41) is 29.5. The molecule has 1 saturated heterocycles. The van der Waals surface area contributed by atoms with Crippen molar-refractivity contribution in [3.8, 4) is 0 Å². The van der Waals surface area contributed by atoms with Crippen LogP contribution in [-0.4, -0.2) is 50.6 Å². The van der Waals surface area contributed by atoms with Gasteiger partial charge in [0.05, 0.1) is 15.5 Å². The Morgan fingerprint density at radius 1 is 1.43 bits per heavy atom. The van der Waals surface area contributed by atoms with Crippen LogP contribution in [0.4, 0.5) is 5.69 Å². The number of rotatable bonds is 3. The van der Waals surface area contributed by atoms with Crippen molar-refractivity contribution in [2.45, 2.75) is 18.6 Å². The summed E-state index contributed by atoms with van der Waals surface area (Å²) in [6.45, 7) is -0.111. The van der Waals surface area contributed by atoms with Gasteiger partial charge in [0.1, 0.15) is 6.04 Å². The molecule has 9 heteroatoms. The second-order valence-corrected chi connectivity index (χ2v) is 5.48. The maximum absolute atomic E-state index is 12.3. The molecule has 0 aromatic heterocycles. The average molecular weight is 359 g/mol. The molecule has 1 aliphatic rings. The van der Waals surface area contributed by atoms with Gasteiger partial charge >= 0.3 is 5.97 Å². The number of nitrogens with zero attached hydrogens (tertiary/aromatic N) is 2. The molecule has 21 heavy (non-hydrogen) atoms. The van der Waals surface area contributed by atoms with E-state index < -0.39 is 28.9 Å². The van der Waals surface area contributed by atoms with Crippen molar-refractivity contribution in [2.24, 2.45) is 0 Å². The molecule has 0 spiro atoms. The van der Waals surface area contributed by atoms with E-state index in [4.69, 9.17) is 5.11 Å². The lowest BCUT2D eigenvalue weighted by Crippen LogP contribution is -2.40. The Labute approximate surface area is 127 Å². The number of aliphatic hydroxyl groups is 1. The van der Waals surface area contributed by atoms with Gasteiger partial charge in [-0.3, -0.25) is 14.9 Å². The van der Waals surface area contributed by atoms with Gasteiger partial charge in [-0.15, -0.1) is 0 Å². The molecule has 1 aromatic carbocycles. The molecular weight excluding hydrogens is 348 g/mol. The quantitative estimate of drug-likeness (QED) is 0.614. The first-order chi connectivity index (χ1) is 9.81. The minimum atomic E-state index is -1.22. The van der Waals surface area contributed by atoms with Crippen LogP contribution in [-0.2, 0) is 4.79 Å². The first-order valence-corrected chi connectivity index (χ1v) is 6.76. The number of carboxylic acids is 1. The second-order valence-electron chi connectivity index (χ2n) is 4.62. The lowest BCUT2D eigenvalue weighted by Gasteiger charge is -2.21. The highest BCUT2D eigenvalue weighted by molar-refractivity contribution is 9.10. The number of nitro groups is 1. The number of β-amino-alcohol motifs (C(OH)–C–C–N with tert-alkyl or cyclic N) is 1. The number of aliphatic hydroxyl groups excluding tert-OH is 1. The molecule has 0 radical (unpaired) electrons. The normalized spacial score (nSPS) is 21.3. The van der Waals surface area contributed by atoms with Gasteiger partial charge in [0.2, 0.25) is 0 Å². The molecule has 1 aliphatic heterocycles. The molecule has 1 heterocycles. The van der Waals surface area contributed by atoms with Crippen molar-refractivity contribution in [3.05, 3.63) is 38.3 Å². The predicted octanol–water partition coefficient (Wildman–Crippen LogP) is 1.02. The molecule has 112 valence electrons. The summed E-state index contributed by atoms with van der Waals surface area (Å²) in [5.41, 5.74) is -0.280. The first kappa shape index (κ1) is 15.4. The van der Waals surface area contributed by atoms with Gasteiger partial charge in [-0.05, 0) is 28.1 Å². The number of carbonyl (C=O) groups is 2. The summed E-state index contributed by atoms with van der Waals surface area (Å²) < 4.78 is 0.222. The number of hydrogen-bond donors (Lipinski definition) is 2. The third-order valence-electron chi connectivity index (χ3n) is 3.21. The number of amides is 1. The standard InChI is InChI=1S/C12H11BrN2O6/c13-8-2-1-6(3-9(8)15(20)21)11(17)14-5-7(16)4-10(14)12(18)19/h1-3,7,10,16H,4-5H2,(H,18,19)/t7-,10+/m1/s1. The number of carbonyl (C=O) groups excluding carboxylic acids is 1. The molecule has 1 fully saturated rings. The molecule has 0 aliphatic carbocycles. The van der Waals surface area contributed by atoms with E-state index in [1.165, 1.54) is 12.1 Å². The minimum absolute atomic E-state index is 0.00486. The average Bonchev–Trinajstić information content (AvgIpc) is 2.80.